The van der Waals surface area contributed by atoms with Gasteiger partial charge in [-0.25, -0.2) is 24.5 Å². The molecule has 12 rings (SSSR count). The number of ether oxygens (including phenoxy) is 2. The minimum absolute atomic E-state index is 0.145. The standard InChI is InChI=1S/C25H22N8O3.C17H18N4O.C9H5N3O2/c34-25(31-22-14-21(32-36-22)17-5-7-26-8-6-17)29-18-3-1-16(2-4-18)20-13-19-23(30-20)27-15-28-24(19)33-9-11-35-12-10-33;18-14-6-4-13(5-7-14)15-12-21-16(19-15)2-1-3-17(21)20-8-10-22-11-9-20;13-6-11-9-5-8(12-14-9)7-1-3-10-4-2-7/h1-8,13-15H,9-12H2,(H,27,28,30)(H2,29,31,34);1-7,12H,8-11,18H2;1-5H. The van der Waals surface area contributed by atoms with Crippen LogP contribution in [0.4, 0.5) is 39.6 Å². The summed E-state index contributed by atoms with van der Waals surface area (Å²) in [5.41, 5.74) is 15.7. The largest absolute Gasteiger partial charge is 0.399 e. The number of imidazole rings is 1. The zero-order chi connectivity index (χ0) is 49.1. The van der Waals surface area contributed by atoms with Crippen LogP contribution in [-0.4, -0.2) is 109 Å². The average Bonchev–Trinajstić information content (AvgIpc) is 4.28. The number of nitrogens with zero attached hydrogens (tertiary/aromatic N) is 11. The summed E-state index contributed by atoms with van der Waals surface area (Å²) in [5, 5.41) is 14.1. The monoisotopic (exact) mass is 963 g/mol. The summed E-state index contributed by atoms with van der Waals surface area (Å²) in [5.74, 6) is 2.45. The van der Waals surface area contributed by atoms with Gasteiger partial charge in [-0.3, -0.25) is 19.7 Å². The van der Waals surface area contributed by atoms with Crippen LogP contribution in [0, 0.1) is 0 Å². The number of benzene rings is 2. The zero-order valence-corrected chi connectivity index (χ0v) is 38.5. The number of rotatable bonds is 9. The van der Waals surface area contributed by atoms with Gasteiger partial charge in [-0.2, -0.15) is 0 Å². The lowest BCUT2D eigenvalue weighted by atomic mass is 10.1. The highest BCUT2D eigenvalue weighted by molar-refractivity contribution is 5.99. The molecule has 360 valence electrons. The van der Waals surface area contributed by atoms with Crippen LogP contribution in [0.1, 0.15) is 0 Å². The van der Waals surface area contributed by atoms with E-state index < -0.39 is 6.03 Å². The predicted octanol–water partition coefficient (Wildman–Crippen LogP) is 8.28. The molecule has 0 unspecified atom stereocenters. The number of fused-ring (bicyclic) bond motifs is 2. The molecule has 2 fully saturated rings. The van der Waals surface area contributed by atoms with Gasteiger partial charge in [0.1, 0.15) is 40.6 Å². The SMILES string of the molecule is Nc1ccc(-c2cn3c(N4CCOCC4)cccc3n2)cc1.O=C(Nc1ccc(-c2cc3c(N4CCOCC4)ncnc3[nH]2)cc1)Nc1cc(-c2ccncc2)no1.O=C=Nc1cc(-c2ccncc2)no1. The summed E-state index contributed by atoms with van der Waals surface area (Å²) in [4.78, 5) is 55.1. The molecule has 21 nitrogen and oxygen atoms in total. The first kappa shape index (κ1) is 46.2. The Morgan fingerprint density at radius 1 is 0.681 bits per heavy atom. The number of nitrogen functional groups attached to an aromatic ring is 1. The van der Waals surface area contributed by atoms with E-state index in [2.05, 4.69) is 89.5 Å². The molecule has 0 radical (unpaired) electrons. The van der Waals surface area contributed by atoms with E-state index in [0.29, 0.717) is 30.3 Å². The Bertz CT molecular complexity index is 3430. The first-order chi connectivity index (χ1) is 35.4. The molecular weight excluding hydrogens is 919 g/mol. The molecule has 21 heteroatoms. The van der Waals surface area contributed by atoms with Gasteiger partial charge in [0.25, 0.3) is 5.88 Å². The Labute approximate surface area is 410 Å². The third kappa shape index (κ3) is 11.0. The summed E-state index contributed by atoms with van der Waals surface area (Å²) in [6.07, 6.45) is 11.7. The van der Waals surface area contributed by atoms with Crippen molar-refractivity contribution < 1.29 is 28.1 Å². The molecule has 8 aromatic heterocycles. The molecule has 10 heterocycles. The fourth-order valence-electron chi connectivity index (χ4n) is 7.97. The van der Waals surface area contributed by atoms with Crippen molar-refractivity contribution in [2.75, 3.05) is 78.8 Å². The molecule has 2 aromatic carbocycles. The van der Waals surface area contributed by atoms with Crippen molar-refractivity contribution in [3.63, 3.8) is 0 Å². The molecule has 0 bridgehead atoms. The van der Waals surface area contributed by atoms with Crippen LogP contribution in [0.25, 0.3) is 61.7 Å². The normalized spacial score (nSPS) is 13.3. The van der Waals surface area contributed by atoms with Gasteiger partial charge in [0.2, 0.25) is 12.0 Å². The second kappa shape index (κ2) is 21.8. The summed E-state index contributed by atoms with van der Waals surface area (Å²) in [7, 11) is 0. The average molecular weight is 964 g/mol. The highest BCUT2D eigenvalue weighted by atomic mass is 16.5. The molecule has 0 spiro atoms. The summed E-state index contributed by atoms with van der Waals surface area (Å²) in [6, 6.07) is 33.6. The lowest BCUT2D eigenvalue weighted by molar-refractivity contribution is 0.122. The molecule has 2 saturated heterocycles. The first-order valence-electron chi connectivity index (χ1n) is 22.8. The number of carbonyl (C=O) groups is 1. The van der Waals surface area contributed by atoms with Gasteiger partial charge in [0, 0.05) is 103 Å². The van der Waals surface area contributed by atoms with E-state index in [1.54, 1.807) is 55.4 Å². The van der Waals surface area contributed by atoms with Crippen LogP contribution in [0.2, 0.25) is 0 Å². The fraction of sp³-hybridized carbons (Fsp3) is 0.157. The Kier molecular flexibility index (Phi) is 14.0. The summed E-state index contributed by atoms with van der Waals surface area (Å²) < 4.78 is 23.0. The number of urea groups is 1. The number of nitrogens with two attached hydrogens (primary N) is 1. The number of nitrogens with one attached hydrogen (secondary N) is 3. The van der Waals surface area contributed by atoms with Gasteiger partial charge in [-0.1, -0.05) is 40.6 Å². The predicted molar refractivity (Wildman–Crippen MR) is 270 cm³/mol. The number of amides is 2. The zero-order valence-electron chi connectivity index (χ0n) is 38.5. The van der Waals surface area contributed by atoms with Gasteiger partial charge in [-0.15, -0.1) is 4.99 Å². The number of pyridine rings is 3. The van der Waals surface area contributed by atoms with Crippen LogP contribution < -0.4 is 26.2 Å². The maximum absolute atomic E-state index is 12.4. The molecule has 0 atom stereocenters. The van der Waals surface area contributed by atoms with Crippen LogP contribution in [0.15, 0.2) is 161 Å². The molecular formula is C51H45N15O6. The molecule has 10 aromatic rings. The van der Waals surface area contributed by atoms with E-state index in [-0.39, 0.29) is 11.8 Å². The summed E-state index contributed by atoms with van der Waals surface area (Å²) >= 11 is 0. The van der Waals surface area contributed by atoms with Crippen LogP contribution in [0.5, 0.6) is 0 Å². The Morgan fingerprint density at radius 2 is 1.32 bits per heavy atom. The van der Waals surface area contributed by atoms with Crippen molar-refractivity contribution in [1.29, 1.82) is 0 Å². The fourth-order valence-corrected chi connectivity index (χ4v) is 7.97. The van der Waals surface area contributed by atoms with E-state index in [4.69, 9.17) is 29.2 Å². The van der Waals surface area contributed by atoms with E-state index >= 15 is 0 Å². The minimum atomic E-state index is -0.434. The third-order valence-corrected chi connectivity index (χ3v) is 11.5. The number of anilines is 5. The van der Waals surface area contributed by atoms with Crippen molar-refractivity contribution in [2.24, 2.45) is 4.99 Å². The Morgan fingerprint density at radius 3 is 2.01 bits per heavy atom. The molecule has 2 aliphatic heterocycles. The number of hydrogen-bond donors (Lipinski definition) is 4. The van der Waals surface area contributed by atoms with Crippen molar-refractivity contribution in [3.8, 4) is 45.0 Å². The number of aromatic nitrogens is 9. The third-order valence-electron chi connectivity index (χ3n) is 11.5. The minimum Gasteiger partial charge on any atom is -0.399 e. The lowest BCUT2D eigenvalue weighted by Gasteiger charge is -2.29. The second-order valence-electron chi connectivity index (χ2n) is 16.2. The quantitative estimate of drug-likeness (QED) is 0.0603. The molecule has 5 N–H and O–H groups in total. The summed E-state index contributed by atoms with van der Waals surface area (Å²) in [6.45, 7) is 6.34. The van der Waals surface area contributed by atoms with E-state index in [9.17, 15) is 9.59 Å². The smallest absolute Gasteiger partial charge is 0.326 e. The molecule has 72 heavy (non-hydrogen) atoms. The number of aliphatic imine (C=N–C) groups is 1. The molecule has 2 aliphatic rings. The van der Waals surface area contributed by atoms with Crippen LogP contribution in [0.3, 0.4) is 0 Å². The topological polar surface area (TPSA) is 258 Å². The highest BCUT2D eigenvalue weighted by Gasteiger charge is 2.19. The highest BCUT2D eigenvalue weighted by Crippen LogP contribution is 2.31. The van der Waals surface area contributed by atoms with Gasteiger partial charge in [0.15, 0.2) is 0 Å². The van der Waals surface area contributed by atoms with Gasteiger partial charge < -0.3 is 44.4 Å². The van der Waals surface area contributed by atoms with Crippen LogP contribution >= 0.6 is 0 Å². The number of aromatic amines is 1. The molecule has 0 aliphatic carbocycles. The number of H-pyrrole nitrogens is 1. The van der Waals surface area contributed by atoms with Crippen molar-refractivity contribution in [3.05, 3.63) is 147 Å². The van der Waals surface area contributed by atoms with Gasteiger partial charge >= 0.3 is 6.03 Å². The molecule has 2 amide bonds. The van der Waals surface area contributed by atoms with E-state index in [1.807, 2.05) is 66.7 Å². The van der Waals surface area contributed by atoms with Gasteiger partial charge in [-0.05, 0) is 72.3 Å². The maximum Gasteiger partial charge on any atom is 0.326 e. The number of carbonyl (C=O) groups excluding carboxylic acids is 2. The van der Waals surface area contributed by atoms with Crippen LogP contribution in [-0.2, 0) is 14.3 Å². The number of hydrogen-bond acceptors (Lipinski definition) is 17. The number of isocyanates is 1. The van der Waals surface area contributed by atoms with Crippen molar-refractivity contribution >= 4 is 63.6 Å². The van der Waals surface area contributed by atoms with E-state index in [1.165, 1.54) is 6.08 Å². The molecule has 0 saturated carbocycles. The lowest BCUT2D eigenvalue weighted by Crippen LogP contribution is -2.37. The maximum atomic E-state index is 12.4. The number of morpholine rings is 2. The Hall–Kier alpha value is -9.56. The van der Waals surface area contributed by atoms with Crippen molar-refractivity contribution in [2.45, 2.75) is 0 Å². The Balaban J connectivity index is 0.000000140. The second-order valence-corrected chi connectivity index (χ2v) is 16.2. The van der Waals surface area contributed by atoms with Crippen molar-refractivity contribution in [1.82, 2.24) is 44.6 Å². The van der Waals surface area contributed by atoms with Gasteiger partial charge in [0.05, 0.1) is 37.5 Å². The van der Waals surface area contributed by atoms with E-state index in [0.717, 1.165) is 107 Å². The first-order valence-corrected chi connectivity index (χ1v) is 22.8.